The van der Waals surface area contributed by atoms with Gasteiger partial charge in [-0.2, -0.15) is 0 Å². The van der Waals surface area contributed by atoms with Gasteiger partial charge in [-0.1, -0.05) is 49.7 Å². The van der Waals surface area contributed by atoms with E-state index in [1.165, 1.54) is 10.9 Å². The van der Waals surface area contributed by atoms with Crippen LogP contribution in [0.4, 0.5) is 0 Å². The molecule has 0 spiro atoms. The van der Waals surface area contributed by atoms with Gasteiger partial charge >= 0.3 is 0 Å². The molecule has 3 rings (SSSR count). The number of ether oxygens (including phenoxy) is 1. The molecule has 1 N–H and O–H groups in total. The van der Waals surface area contributed by atoms with Gasteiger partial charge in [-0.05, 0) is 41.1 Å². The molecule has 0 fully saturated rings. The van der Waals surface area contributed by atoms with Gasteiger partial charge in [-0.3, -0.25) is 0 Å². The summed E-state index contributed by atoms with van der Waals surface area (Å²) < 4.78 is 6.88. The van der Waals surface area contributed by atoms with Crippen LogP contribution in [0.5, 0.6) is 5.75 Å². The maximum absolute atomic E-state index is 5.80. The van der Waals surface area contributed by atoms with Crippen LogP contribution in [0.2, 0.25) is 0 Å². The summed E-state index contributed by atoms with van der Waals surface area (Å²) >= 11 is 3.63. The minimum absolute atomic E-state index is 0.526. The van der Waals surface area contributed by atoms with E-state index >= 15 is 0 Å². The molecule has 0 radical (unpaired) electrons. The number of hydrogen-bond acceptors (Lipinski definition) is 1. The van der Waals surface area contributed by atoms with Crippen LogP contribution in [-0.2, 0) is 6.61 Å². The molecule has 1 heterocycles. The quantitative estimate of drug-likeness (QED) is 0.633. The molecule has 110 valence electrons. The average molecular weight is 346 g/mol. The predicted molar refractivity (Wildman–Crippen MR) is 92.9 cm³/mol. The molecule has 0 saturated heterocycles. The largest absolute Gasteiger partial charge is 0.487 e. The maximum Gasteiger partial charge on any atom is 0.129 e. The second-order valence-electron chi connectivity index (χ2n) is 4.56. The summed E-state index contributed by atoms with van der Waals surface area (Å²) in [5.74, 6) is 0.885. The number of aromatic amines is 1. The van der Waals surface area contributed by atoms with Crippen molar-refractivity contribution in [3.63, 3.8) is 0 Å². The molecule has 0 bridgehead atoms. The summed E-state index contributed by atoms with van der Waals surface area (Å²) in [7, 11) is 0. The molecule has 0 amide bonds. The zero-order valence-corrected chi connectivity index (χ0v) is 14.2. The number of hydrogen-bond donors (Lipinski definition) is 1. The van der Waals surface area contributed by atoms with Gasteiger partial charge in [0.05, 0.1) is 5.69 Å². The Morgan fingerprint density at radius 1 is 1.00 bits per heavy atom. The third-order valence-electron chi connectivity index (χ3n) is 3.12. The lowest BCUT2D eigenvalue weighted by Crippen LogP contribution is -1.96. The lowest BCUT2D eigenvalue weighted by molar-refractivity contribution is 0.301. The average Bonchev–Trinajstić information content (AvgIpc) is 2.86. The summed E-state index contributed by atoms with van der Waals surface area (Å²) in [6.07, 6.45) is 0. The van der Waals surface area contributed by atoms with E-state index in [4.69, 9.17) is 4.74 Å². The standard InChI is InChI=1S/C16H14BrNO.C2H6/c1-11-6-8-12(9-7-11)19-10-15-16(17)13-4-2-3-5-14(13)18-15;1-2/h2-9,18H,10H2,1H3;1-2H3. The number of aromatic nitrogens is 1. The summed E-state index contributed by atoms with van der Waals surface area (Å²) in [4.78, 5) is 3.37. The molecule has 0 unspecified atom stereocenters. The Labute approximate surface area is 134 Å². The number of halogens is 1. The lowest BCUT2D eigenvalue weighted by Gasteiger charge is -2.05. The second kappa shape index (κ2) is 7.32. The molecule has 21 heavy (non-hydrogen) atoms. The summed E-state index contributed by atoms with van der Waals surface area (Å²) in [5, 5.41) is 1.19. The zero-order valence-electron chi connectivity index (χ0n) is 12.6. The molecule has 0 saturated carbocycles. The van der Waals surface area contributed by atoms with Gasteiger partial charge in [0.2, 0.25) is 0 Å². The van der Waals surface area contributed by atoms with Gasteiger partial charge in [0.1, 0.15) is 12.4 Å². The Bertz CT molecular complexity index is 701. The minimum Gasteiger partial charge on any atom is -0.487 e. The van der Waals surface area contributed by atoms with Crippen LogP contribution < -0.4 is 4.74 Å². The molecular weight excluding hydrogens is 326 g/mol. The van der Waals surface area contributed by atoms with Crippen molar-refractivity contribution in [1.82, 2.24) is 4.98 Å². The molecule has 3 heteroatoms. The van der Waals surface area contributed by atoms with E-state index in [1.54, 1.807) is 0 Å². The lowest BCUT2D eigenvalue weighted by atomic mass is 10.2. The summed E-state index contributed by atoms with van der Waals surface area (Å²) in [6.45, 7) is 6.59. The third-order valence-corrected chi connectivity index (χ3v) is 4.02. The highest BCUT2D eigenvalue weighted by atomic mass is 79.9. The molecule has 0 atom stereocenters. The van der Waals surface area contributed by atoms with E-state index in [2.05, 4.69) is 52.1 Å². The van der Waals surface area contributed by atoms with Crippen molar-refractivity contribution in [2.45, 2.75) is 27.4 Å². The number of rotatable bonds is 3. The van der Waals surface area contributed by atoms with Gasteiger partial charge in [-0.25, -0.2) is 0 Å². The first-order valence-electron chi connectivity index (χ1n) is 7.18. The van der Waals surface area contributed by atoms with Crippen molar-refractivity contribution in [2.75, 3.05) is 0 Å². The molecule has 3 aromatic rings. The van der Waals surface area contributed by atoms with Gasteiger partial charge in [0, 0.05) is 15.4 Å². The number of benzene rings is 2. The van der Waals surface area contributed by atoms with Crippen LogP contribution in [-0.4, -0.2) is 4.98 Å². The van der Waals surface area contributed by atoms with Crippen LogP contribution in [0.3, 0.4) is 0 Å². The maximum atomic E-state index is 5.80. The molecule has 2 aromatic carbocycles. The van der Waals surface area contributed by atoms with Crippen molar-refractivity contribution in [1.29, 1.82) is 0 Å². The van der Waals surface area contributed by atoms with Gasteiger partial charge in [0.15, 0.2) is 0 Å². The van der Waals surface area contributed by atoms with E-state index < -0.39 is 0 Å². The molecular formula is C18H20BrNO. The van der Waals surface area contributed by atoms with Crippen molar-refractivity contribution in [3.05, 3.63) is 64.3 Å². The number of para-hydroxylation sites is 1. The first-order chi connectivity index (χ1) is 10.2. The van der Waals surface area contributed by atoms with Crippen molar-refractivity contribution >= 4 is 26.8 Å². The number of aryl methyl sites for hydroxylation is 1. The summed E-state index contributed by atoms with van der Waals surface area (Å²) in [6, 6.07) is 16.3. The predicted octanol–water partition coefficient (Wildman–Crippen LogP) is 5.84. The number of H-pyrrole nitrogens is 1. The normalized spacial score (nSPS) is 10.1. The van der Waals surface area contributed by atoms with E-state index in [0.29, 0.717) is 6.61 Å². The molecule has 0 aliphatic rings. The topological polar surface area (TPSA) is 25.0 Å². The van der Waals surface area contributed by atoms with Gasteiger partial charge in [0.25, 0.3) is 0 Å². The van der Waals surface area contributed by atoms with E-state index in [9.17, 15) is 0 Å². The Morgan fingerprint density at radius 3 is 2.33 bits per heavy atom. The van der Waals surface area contributed by atoms with Crippen LogP contribution in [0.1, 0.15) is 25.1 Å². The SMILES string of the molecule is CC.Cc1ccc(OCc2[nH]c3ccccc3c2Br)cc1. The van der Waals surface area contributed by atoms with Crippen LogP contribution in [0, 0.1) is 6.92 Å². The van der Waals surface area contributed by atoms with Crippen LogP contribution in [0.15, 0.2) is 53.0 Å². The van der Waals surface area contributed by atoms with Crippen molar-refractivity contribution < 1.29 is 4.74 Å². The Balaban J connectivity index is 0.000000774. The third kappa shape index (κ3) is 3.67. The molecule has 0 aliphatic heterocycles. The van der Waals surface area contributed by atoms with Gasteiger partial charge in [-0.15, -0.1) is 0 Å². The second-order valence-corrected chi connectivity index (χ2v) is 5.36. The zero-order chi connectivity index (χ0) is 15.2. The molecule has 1 aromatic heterocycles. The minimum atomic E-state index is 0.526. The molecule has 2 nitrogen and oxygen atoms in total. The fraction of sp³-hybridized carbons (Fsp3) is 0.222. The highest BCUT2D eigenvalue weighted by molar-refractivity contribution is 9.10. The Morgan fingerprint density at radius 2 is 1.67 bits per heavy atom. The summed E-state index contributed by atoms with van der Waals surface area (Å²) in [5.41, 5.74) is 3.41. The first kappa shape index (κ1) is 15.6. The molecule has 0 aliphatic carbocycles. The number of fused-ring (bicyclic) bond motifs is 1. The Hall–Kier alpha value is -1.74. The van der Waals surface area contributed by atoms with Crippen molar-refractivity contribution in [3.8, 4) is 5.75 Å². The monoisotopic (exact) mass is 345 g/mol. The smallest absolute Gasteiger partial charge is 0.129 e. The fourth-order valence-corrected chi connectivity index (χ4v) is 2.61. The van der Waals surface area contributed by atoms with E-state index in [-0.39, 0.29) is 0 Å². The van der Waals surface area contributed by atoms with Crippen LogP contribution >= 0.6 is 15.9 Å². The van der Waals surface area contributed by atoms with Crippen molar-refractivity contribution in [2.24, 2.45) is 0 Å². The first-order valence-corrected chi connectivity index (χ1v) is 7.98. The van der Waals surface area contributed by atoms with Gasteiger partial charge < -0.3 is 9.72 Å². The fourth-order valence-electron chi connectivity index (χ4n) is 2.05. The van der Waals surface area contributed by atoms with Crippen LogP contribution in [0.25, 0.3) is 10.9 Å². The highest BCUT2D eigenvalue weighted by Crippen LogP contribution is 2.28. The highest BCUT2D eigenvalue weighted by Gasteiger charge is 2.08. The number of nitrogens with one attached hydrogen (secondary N) is 1. The van der Waals surface area contributed by atoms with E-state index in [1.807, 2.05) is 38.1 Å². The Kier molecular flexibility index (Phi) is 5.45. The van der Waals surface area contributed by atoms with E-state index in [0.717, 1.165) is 21.4 Å².